The van der Waals surface area contributed by atoms with Crippen molar-refractivity contribution in [1.29, 1.82) is 0 Å². The third-order valence-electron chi connectivity index (χ3n) is 2.70. The lowest BCUT2D eigenvalue weighted by molar-refractivity contribution is -0.140. The summed E-state index contributed by atoms with van der Waals surface area (Å²) in [5.74, 6) is -2.20. The summed E-state index contributed by atoms with van der Waals surface area (Å²) in [4.78, 5) is 33.0. The molecule has 0 saturated carbocycles. The number of urea groups is 1. The lowest BCUT2D eigenvalue weighted by atomic mass is 10.1. The van der Waals surface area contributed by atoms with Crippen LogP contribution in [0, 0.1) is 0 Å². The van der Waals surface area contributed by atoms with E-state index in [1.54, 1.807) is 24.1 Å². The third kappa shape index (κ3) is 6.41. The van der Waals surface area contributed by atoms with Crippen LogP contribution in [0.3, 0.4) is 0 Å². The van der Waals surface area contributed by atoms with Crippen LogP contribution in [0.25, 0.3) is 0 Å². The molecular weight excluding hydrogens is 280 g/mol. The molecule has 0 fully saturated rings. The van der Waals surface area contributed by atoms with Crippen LogP contribution in [0.2, 0.25) is 0 Å². The van der Waals surface area contributed by atoms with Crippen molar-refractivity contribution >= 4 is 18.0 Å². The lowest BCUT2D eigenvalue weighted by Crippen LogP contribution is -2.45. The van der Waals surface area contributed by atoms with E-state index >= 15 is 0 Å². The average molecular weight is 298 g/mol. The second kappa shape index (κ2) is 7.88. The fourth-order valence-corrected chi connectivity index (χ4v) is 1.67. The molecule has 21 heavy (non-hydrogen) atoms. The molecular formula is C12H18N4O5. The Morgan fingerprint density at radius 1 is 1.38 bits per heavy atom. The first kappa shape index (κ1) is 16.5. The predicted molar refractivity (Wildman–Crippen MR) is 71.5 cm³/mol. The number of hydrogen-bond donors (Lipinski definition) is 4. The molecule has 4 N–H and O–H groups in total. The number of nitrogens with one attached hydrogen (secondary N) is 2. The van der Waals surface area contributed by atoms with E-state index in [4.69, 9.17) is 10.2 Å². The molecule has 0 unspecified atom stereocenters. The summed E-state index contributed by atoms with van der Waals surface area (Å²) in [7, 11) is 1.74. The summed E-state index contributed by atoms with van der Waals surface area (Å²) in [5, 5.41) is 26.2. The maximum atomic E-state index is 11.6. The number of rotatable bonds is 8. The summed E-state index contributed by atoms with van der Waals surface area (Å²) >= 11 is 0. The highest BCUT2D eigenvalue weighted by Gasteiger charge is 2.19. The first-order valence-corrected chi connectivity index (χ1v) is 6.35. The number of carboxylic acid groups (broad SMARTS) is 2. The Bertz CT molecular complexity index is 514. The van der Waals surface area contributed by atoms with Crippen LogP contribution in [0.1, 0.15) is 24.8 Å². The SMILES string of the molecule is Cn1cc(CNC(=O)N[C@H](CCCC(=O)O)C(=O)O)cn1. The minimum atomic E-state index is -1.20. The molecule has 0 bridgehead atoms. The second-order valence-electron chi connectivity index (χ2n) is 4.53. The average Bonchev–Trinajstić information content (AvgIpc) is 2.80. The topological polar surface area (TPSA) is 134 Å². The van der Waals surface area contributed by atoms with Gasteiger partial charge in [-0.25, -0.2) is 9.59 Å². The fraction of sp³-hybridized carbons (Fsp3) is 0.500. The van der Waals surface area contributed by atoms with Gasteiger partial charge in [-0.1, -0.05) is 0 Å². The Morgan fingerprint density at radius 3 is 2.62 bits per heavy atom. The molecule has 0 radical (unpaired) electrons. The van der Waals surface area contributed by atoms with E-state index in [-0.39, 0.29) is 25.8 Å². The van der Waals surface area contributed by atoms with Crippen LogP contribution in [0.15, 0.2) is 12.4 Å². The molecule has 0 aliphatic heterocycles. The Hall–Kier alpha value is -2.58. The lowest BCUT2D eigenvalue weighted by Gasteiger charge is -2.14. The minimum absolute atomic E-state index is 0.0575. The molecule has 9 heteroatoms. The van der Waals surface area contributed by atoms with E-state index in [0.717, 1.165) is 5.56 Å². The van der Waals surface area contributed by atoms with Crippen LogP contribution in [-0.2, 0) is 23.2 Å². The third-order valence-corrected chi connectivity index (χ3v) is 2.70. The van der Waals surface area contributed by atoms with E-state index in [1.165, 1.54) is 0 Å². The van der Waals surface area contributed by atoms with Crippen LogP contribution < -0.4 is 10.6 Å². The molecule has 0 aliphatic carbocycles. The molecule has 2 amide bonds. The molecule has 0 saturated heterocycles. The molecule has 116 valence electrons. The second-order valence-corrected chi connectivity index (χ2v) is 4.53. The number of hydrogen-bond acceptors (Lipinski definition) is 4. The molecule has 0 aromatic carbocycles. The Kier molecular flexibility index (Phi) is 6.18. The van der Waals surface area contributed by atoms with Gasteiger partial charge in [-0.05, 0) is 12.8 Å². The van der Waals surface area contributed by atoms with E-state index in [9.17, 15) is 14.4 Å². The van der Waals surface area contributed by atoms with Gasteiger partial charge in [0, 0.05) is 31.8 Å². The summed E-state index contributed by atoms with van der Waals surface area (Å²) < 4.78 is 1.58. The summed E-state index contributed by atoms with van der Waals surface area (Å²) in [6.07, 6.45) is 3.41. The smallest absolute Gasteiger partial charge is 0.326 e. The molecule has 1 aromatic rings. The number of carbonyl (C=O) groups excluding carboxylic acids is 1. The van der Waals surface area contributed by atoms with Gasteiger partial charge in [0.2, 0.25) is 0 Å². The monoisotopic (exact) mass is 298 g/mol. The number of carboxylic acids is 2. The number of aromatic nitrogens is 2. The standard InChI is InChI=1S/C12H18N4O5/c1-16-7-8(6-14-16)5-13-12(21)15-9(11(19)20)3-2-4-10(17)18/h6-7,9H,2-5H2,1H3,(H,17,18)(H,19,20)(H2,13,15,21)/t9-/m1/s1. The largest absolute Gasteiger partial charge is 0.481 e. The number of aliphatic carboxylic acids is 2. The molecule has 0 aliphatic rings. The number of aryl methyl sites for hydroxylation is 1. The van der Waals surface area contributed by atoms with Crippen molar-refractivity contribution < 1.29 is 24.6 Å². The van der Waals surface area contributed by atoms with Crippen LogP contribution in [-0.4, -0.2) is 44.0 Å². The zero-order chi connectivity index (χ0) is 15.8. The first-order valence-electron chi connectivity index (χ1n) is 6.35. The van der Waals surface area contributed by atoms with Gasteiger partial charge in [0.1, 0.15) is 6.04 Å². The van der Waals surface area contributed by atoms with E-state index in [0.29, 0.717) is 0 Å². The fourth-order valence-electron chi connectivity index (χ4n) is 1.67. The van der Waals surface area contributed by atoms with Crippen molar-refractivity contribution in [2.24, 2.45) is 7.05 Å². The number of carbonyl (C=O) groups is 3. The van der Waals surface area contributed by atoms with E-state index < -0.39 is 24.0 Å². The molecule has 1 heterocycles. The number of amides is 2. The zero-order valence-electron chi connectivity index (χ0n) is 11.6. The Balaban J connectivity index is 2.37. The molecule has 1 atom stereocenters. The van der Waals surface area contributed by atoms with Crippen LogP contribution >= 0.6 is 0 Å². The number of nitrogens with zero attached hydrogens (tertiary/aromatic N) is 2. The highest BCUT2D eigenvalue weighted by atomic mass is 16.4. The molecule has 0 spiro atoms. The highest BCUT2D eigenvalue weighted by molar-refractivity contribution is 5.82. The van der Waals surface area contributed by atoms with Gasteiger partial charge in [0.25, 0.3) is 0 Å². The van der Waals surface area contributed by atoms with E-state index in [1.807, 2.05) is 0 Å². The Labute approximate surface area is 120 Å². The van der Waals surface area contributed by atoms with Gasteiger partial charge in [-0.15, -0.1) is 0 Å². The quantitative estimate of drug-likeness (QED) is 0.530. The van der Waals surface area contributed by atoms with Crippen molar-refractivity contribution in [1.82, 2.24) is 20.4 Å². The van der Waals surface area contributed by atoms with Gasteiger partial charge in [-0.3, -0.25) is 9.48 Å². The first-order chi connectivity index (χ1) is 9.88. The van der Waals surface area contributed by atoms with Crippen molar-refractivity contribution in [3.05, 3.63) is 18.0 Å². The highest BCUT2D eigenvalue weighted by Crippen LogP contribution is 2.02. The van der Waals surface area contributed by atoms with Crippen molar-refractivity contribution in [3.8, 4) is 0 Å². The van der Waals surface area contributed by atoms with Gasteiger partial charge in [0.05, 0.1) is 6.20 Å². The van der Waals surface area contributed by atoms with Gasteiger partial charge in [-0.2, -0.15) is 5.10 Å². The zero-order valence-corrected chi connectivity index (χ0v) is 11.6. The molecule has 1 rings (SSSR count). The summed E-state index contributed by atoms with van der Waals surface area (Å²) in [6, 6.07) is -1.74. The maximum absolute atomic E-state index is 11.6. The van der Waals surface area contributed by atoms with Crippen molar-refractivity contribution in [3.63, 3.8) is 0 Å². The van der Waals surface area contributed by atoms with Crippen LogP contribution in [0.4, 0.5) is 4.79 Å². The Morgan fingerprint density at radius 2 is 2.10 bits per heavy atom. The van der Waals surface area contributed by atoms with Crippen molar-refractivity contribution in [2.45, 2.75) is 31.8 Å². The normalized spacial score (nSPS) is 11.7. The molecule has 9 nitrogen and oxygen atoms in total. The summed E-state index contributed by atoms with van der Waals surface area (Å²) in [6.45, 7) is 0.223. The van der Waals surface area contributed by atoms with E-state index in [2.05, 4.69) is 15.7 Å². The maximum Gasteiger partial charge on any atom is 0.326 e. The van der Waals surface area contributed by atoms with Crippen LogP contribution in [0.5, 0.6) is 0 Å². The summed E-state index contributed by atoms with van der Waals surface area (Å²) in [5.41, 5.74) is 0.783. The molecule has 1 aromatic heterocycles. The van der Waals surface area contributed by atoms with Gasteiger partial charge >= 0.3 is 18.0 Å². The van der Waals surface area contributed by atoms with Gasteiger partial charge < -0.3 is 20.8 Å². The predicted octanol–water partition coefficient (Wildman–Crippen LogP) is -0.0726. The van der Waals surface area contributed by atoms with Gasteiger partial charge in [0.15, 0.2) is 0 Å². The minimum Gasteiger partial charge on any atom is -0.481 e. The van der Waals surface area contributed by atoms with Crippen molar-refractivity contribution in [2.75, 3.05) is 0 Å².